The number of azo groups is 2. The molecule has 0 aliphatic carbocycles. The van der Waals surface area contributed by atoms with Crippen molar-refractivity contribution in [3.63, 3.8) is 0 Å². The van der Waals surface area contributed by atoms with Crippen LogP contribution in [0.5, 0.6) is 23.0 Å². The van der Waals surface area contributed by atoms with Gasteiger partial charge >= 0.3 is 0 Å². The molecule has 0 amide bonds. The molecule has 10 N–H and O–H groups in total. The summed E-state index contributed by atoms with van der Waals surface area (Å²) in [6.45, 7) is 0. The Morgan fingerprint density at radius 2 is 1.03 bits per heavy atom. The summed E-state index contributed by atoms with van der Waals surface area (Å²) in [4.78, 5) is -2.48. The van der Waals surface area contributed by atoms with Crippen molar-refractivity contribution < 1.29 is 59.3 Å². The van der Waals surface area contributed by atoms with Crippen LogP contribution in [0.3, 0.4) is 0 Å². The molecule has 0 saturated carbocycles. The van der Waals surface area contributed by atoms with E-state index in [2.05, 4.69) is 25.8 Å². The van der Waals surface area contributed by atoms with Gasteiger partial charge in [0.05, 0.1) is 4.90 Å². The largest absolute Gasteiger partial charge is 0.506 e. The van der Waals surface area contributed by atoms with E-state index in [1.165, 1.54) is 42.5 Å². The number of benzene rings is 7. The number of para-hydroxylation sites is 1. The summed E-state index contributed by atoms with van der Waals surface area (Å²) < 4.78 is 102. The lowest BCUT2D eigenvalue weighted by Crippen LogP contribution is -2.02. The average Bonchev–Trinajstić information content (AvgIpc) is 3.17. The minimum atomic E-state index is -5.14. The molecule has 0 spiro atoms. The molecule has 0 saturated heterocycles. The Morgan fingerprint density at radius 1 is 0.500 bits per heavy atom. The van der Waals surface area contributed by atoms with Crippen molar-refractivity contribution in [2.45, 2.75) is 14.7 Å². The summed E-state index contributed by atoms with van der Waals surface area (Å²) in [5.41, 5.74) is 5.53. The number of hydrogen-bond acceptors (Lipinski definition) is 16. The Morgan fingerprint density at radius 3 is 1.55 bits per heavy atom. The lowest BCUT2D eigenvalue weighted by atomic mass is 10.0. The first kappa shape index (κ1) is 41.0. The predicted octanol–water partition coefficient (Wildman–Crippen LogP) is 8.38. The summed E-state index contributed by atoms with van der Waals surface area (Å²) in [6.07, 6.45) is 0. The maximum atomic E-state index is 12.4. The van der Waals surface area contributed by atoms with Gasteiger partial charge in [0.15, 0.2) is 11.5 Å². The molecule has 0 aliphatic rings. The standard InChI is InChI=1S/C38H28N6O13S3/c39-27-18-25(58(49,50)51)13-22-17-33(60(55,56)57)36(38(48)34(22)27)44-42-29-11-7-20(15-31(29)46)19-6-10-28(30(45)14-19)41-43-35-32(59(52,53)54)16-21-12-24(8-9-26(21)37(35)47)40-23-4-2-1-3-5-23/h1-18,40,45-48H,39H2,(H,49,50,51)(H,52,53,54)(H,55,56,57). The summed E-state index contributed by atoms with van der Waals surface area (Å²) in [5.74, 6) is -2.54. The number of fused-ring (bicyclic) bond motifs is 2. The molecule has 0 unspecified atom stereocenters. The lowest BCUT2D eigenvalue weighted by Gasteiger charge is -2.12. The van der Waals surface area contributed by atoms with Crippen molar-refractivity contribution in [1.29, 1.82) is 0 Å². The van der Waals surface area contributed by atoms with E-state index in [9.17, 15) is 59.3 Å². The van der Waals surface area contributed by atoms with Crippen LogP contribution in [0.15, 0.2) is 144 Å². The minimum absolute atomic E-state index is 0.184. The Kier molecular flexibility index (Phi) is 10.4. The first-order valence-electron chi connectivity index (χ1n) is 16.8. The van der Waals surface area contributed by atoms with Crippen LogP contribution in [-0.4, -0.2) is 59.3 Å². The molecule has 7 aromatic rings. The van der Waals surface area contributed by atoms with Crippen LogP contribution in [0.25, 0.3) is 32.7 Å². The van der Waals surface area contributed by atoms with Crippen LogP contribution in [0, 0.1) is 0 Å². The van der Waals surface area contributed by atoms with Crippen molar-refractivity contribution >= 4 is 91.7 Å². The number of nitrogen functional groups attached to an aromatic ring is 1. The summed E-state index contributed by atoms with van der Waals surface area (Å²) >= 11 is 0. The number of rotatable bonds is 10. The molecule has 0 aromatic heterocycles. The van der Waals surface area contributed by atoms with E-state index >= 15 is 0 Å². The fourth-order valence-corrected chi connectivity index (χ4v) is 7.99. The van der Waals surface area contributed by atoms with E-state index in [4.69, 9.17) is 5.73 Å². The molecule has 19 nitrogen and oxygen atoms in total. The molecule has 0 aliphatic heterocycles. The first-order chi connectivity index (χ1) is 28.2. The summed E-state index contributed by atoms with van der Waals surface area (Å²) in [5, 5.41) is 61.9. The number of nitrogens with one attached hydrogen (secondary N) is 1. The van der Waals surface area contributed by atoms with Crippen LogP contribution < -0.4 is 11.1 Å². The van der Waals surface area contributed by atoms with Crippen molar-refractivity contribution in [2.75, 3.05) is 11.1 Å². The maximum absolute atomic E-state index is 12.4. The highest BCUT2D eigenvalue weighted by Crippen LogP contribution is 2.46. The second-order valence-corrected chi connectivity index (χ2v) is 17.1. The van der Waals surface area contributed by atoms with Gasteiger partial charge < -0.3 is 31.5 Å². The fourth-order valence-electron chi connectivity index (χ4n) is 6.13. The molecule has 0 fully saturated rings. The van der Waals surface area contributed by atoms with Crippen molar-refractivity contribution in [2.24, 2.45) is 20.5 Å². The molecule has 7 aromatic carbocycles. The van der Waals surface area contributed by atoms with Gasteiger partial charge in [-0.1, -0.05) is 30.3 Å². The Labute approximate surface area is 339 Å². The molecular weight excluding hydrogens is 845 g/mol. The predicted molar refractivity (Wildman–Crippen MR) is 218 cm³/mol. The maximum Gasteiger partial charge on any atom is 0.296 e. The van der Waals surface area contributed by atoms with Crippen molar-refractivity contribution in [1.82, 2.24) is 0 Å². The number of hydrogen-bond donors (Lipinski definition) is 9. The number of aromatic hydroxyl groups is 4. The Bertz CT molecular complexity index is 3330. The molecule has 0 radical (unpaired) electrons. The van der Waals surface area contributed by atoms with Gasteiger partial charge in [-0.15, -0.1) is 20.5 Å². The number of nitrogens with zero attached hydrogens (tertiary/aromatic N) is 4. The van der Waals surface area contributed by atoms with Gasteiger partial charge in [-0.2, -0.15) is 25.3 Å². The lowest BCUT2D eigenvalue weighted by molar-refractivity contribution is 0.471. The van der Waals surface area contributed by atoms with Gasteiger partial charge in [0.2, 0.25) is 0 Å². The van der Waals surface area contributed by atoms with Gasteiger partial charge in [-0.3, -0.25) is 13.7 Å². The molecule has 60 heavy (non-hydrogen) atoms. The highest BCUT2D eigenvalue weighted by molar-refractivity contribution is 7.86. The van der Waals surface area contributed by atoms with Gasteiger partial charge in [-0.05, 0) is 101 Å². The third-order valence-corrected chi connectivity index (χ3v) is 11.5. The van der Waals surface area contributed by atoms with E-state index in [1.807, 2.05) is 30.3 Å². The van der Waals surface area contributed by atoms with Gasteiger partial charge in [0.1, 0.15) is 44.0 Å². The van der Waals surface area contributed by atoms with E-state index in [0.29, 0.717) is 16.8 Å². The Hall–Kier alpha value is -7.21. The van der Waals surface area contributed by atoms with E-state index in [1.54, 1.807) is 12.1 Å². The van der Waals surface area contributed by atoms with Gasteiger partial charge in [0, 0.05) is 27.8 Å². The zero-order valence-corrected chi connectivity index (χ0v) is 32.5. The third-order valence-electron chi connectivity index (χ3n) is 8.92. The van der Waals surface area contributed by atoms with Crippen LogP contribution in [0.1, 0.15) is 0 Å². The normalized spacial score (nSPS) is 12.5. The first-order valence-corrected chi connectivity index (χ1v) is 21.1. The van der Waals surface area contributed by atoms with E-state index in [0.717, 1.165) is 30.0 Å². The Balaban J connectivity index is 1.17. The minimum Gasteiger partial charge on any atom is -0.506 e. The van der Waals surface area contributed by atoms with Crippen LogP contribution >= 0.6 is 0 Å². The SMILES string of the molecule is Nc1cc(S(=O)(=O)O)cc2cc(S(=O)(=O)O)c(N=Nc3ccc(-c4ccc(N=Nc5c(S(=O)(=O)O)cc6cc(Nc7ccccc7)ccc6c5O)c(O)c4)cc3O)c(O)c12. The molecule has 0 bridgehead atoms. The monoisotopic (exact) mass is 872 g/mol. The van der Waals surface area contributed by atoms with Crippen LogP contribution in [-0.2, 0) is 30.4 Å². The van der Waals surface area contributed by atoms with Gasteiger partial charge in [-0.25, -0.2) is 0 Å². The molecule has 7 rings (SSSR count). The highest BCUT2D eigenvalue weighted by Gasteiger charge is 2.26. The van der Waals surface area contributed by atoms with Crippen molar-refractivity contribution in [3.8, 4) is 34.1 Å². The number of nitrogens with two attached hydrogens (primary N) is 1. The molecule has 306 valence electrons. The molecular formula is C38H28N6O13S3. The van der Waals surface area contributed by atoms with Crippen molar-refractivity contribution in [3.05, 3.63) is 109 Å². The number of phenols is 4. The molecule has 22 heteroatoms. The molecule has 0 heterocycles. The average molecular weight is 873 g/mol. The second-order valence-electron chi connectivity index (χ2n) is 12.9. The van der Waals surface area contributed by atoms with Crippen LogP contribution in [0.4, 0.5) is 39.8 Å². The number of phenolic OH excluding ortho intramolecular Hbond substituents is 4. The zero-order valence-electron chi connectivity index (χ0n) is 30.1. The highest BCUT2D eigenvalue weighted by atomic mass is 32.2. The quantitative estimate of drug-likeness (QED) is 0.0354. The van der Waals surface area contributed by atoms with E-state index in [-0.39, 0.29) is 32.9 Å². The summed E-state index contributed by atoms with van der Waals surface area (Å²) in [7, 11) is -14.9. The number of anilines is 3. The second kappa shape index (κ2) is 15.2. The molecule has 0 atom stereocenters. The fraction of sp³-hybridized carbons (Fsp3) is 0. The van der Waals surface area contributed by atoms with Gasteiger partial charge in [0.25, 0.3) is 30.4 Å². The third kappa shape index (κ3) is 8.22. The van der Waals surface area contributed by atoms with Crippen LogP contribution in [0.2, 0.25) is 0 Å². The van der Waals surface area contributed by atoms with E-state index < -0.39 is 85.1 Å². The summed E-state index contributed by atoms with van der Waals surface area (Å²) in [6, 6.07) is 25.1. The smallest absolute Gasteiger partial charge is 0.296 e. The topological polar surface area (TPSA) is 332 Å². The zero-order chi connectivity index (χ0) is 43.3.